The van der Waals surface area contributed by atoms with Gasteiger partial charge in [-0.25, -0.2) is 0 Å². The number of alkyl halides is 1. The second kappa shape index (κ2) is 5.54. The van der Waals surface area contributed by atoms with Crippen molar-refractivity contribution >= 4 is 26.7 Å². The molecule has 0 heterocycles. The van der Waals surface area contributed by atoms with E-state index in [-0.39, 0.29) is 5.41 Å². The van der Waals surface area contributed by atoms with Crippen LogP contribution in [0.5, 0.6) is 5.75 Å². The molecule has 0 aromatic heterocycles. The Morgan fingerprint density at radius 1 is 1.11 bits per heavy atom. The molecule has 0 amide bonds. The minimum Gasteiger partial charge on any atom is -0.496 e. The molecule has 0 aliphatic heterocycles. The summed E-state index contributed by atoms with van der Waals surface area (Å²) in [7, 11) is 1.73. The van der Waals surface area contributed by atoms with Gasteiger partial charge in [-0.3, -0.25) is 0 Å². The van der Waals surface area contributed by atoms with Crippen LogP contribution in [0, 0.1) is 5.41 Å². The molecule has 0 fully saturated rings. The molecule has 0 spiro atoms. The number of ether oxygens (including phenoxy) is 1. The summed E-state index contributed by atoms with van der Waals surface area (Å²) >= 11 is 3.89. The zero-order valence-corrected chi connectivity index (χ0v) is 13.6. The third-order valence-electron chi connectivity index (χ3n) is 4.01. The monoisotopic (exact) mass is 320 g/mol. The average molecular weight is 321 g/mol. The Morgan fingerprint density at radius 2 is 1.74 bits per heavy atom. The third-order valence-corrected chi connectivity index (χ3v) is 5.74. The first-order valence-electron chi connectivity index (χ1n) is 6.71. The molecule has 0 bridgehead atoms. The van der Waals surface area contributed by atoms with Crippen molar-refractivity contribution in [1.82, 2.24) is 0 Å². The van der Waals surface area contributed by atoms with Gasteiger partial charge in [0.1, 0.15) is 5.75 Å². The van der Waals surface area contributed by atoms with Gasteiger partial charge in [0.15, 0.2) is 0 Å². The lowest BCUT2D eigenvalue weighted by Gasteiger charge is -2.30. The fourth-order valence-electron chi connectivity index (χ4n) is 2.29. The Hall–Kier alpha value is -1.02. The summed E-state index contributed by atoms with van der Waals surface area (Å²) in [5, 5.41) is 2.45. The Labute approximate surface area is 124 Å². The molecule has 0 aliphatic rings. The quantitative estimate of drug-likeness (QED) is 0.654. The van der Waals surface area contributed by atoms with E-state index in [0.29, 0.717) is 4.83 Å². The fourth-order valence-corrected chi connectivity index (χ4v) is 3.02. The molecule has 19 heavy (non-hydrogen) atoms. The van der Waals surface area contributed by atoms with Gasteiger partial charge in [-0.15, -0.1) is 0 Å². The van der Waals surface area contributed by atoms with Crippen LogP contribution in [0.4, 0.5) is 0 Å². The van der Waals surface area contributed by atoms with Crippen LogP contribution in [0.1, 0.15) is 37.6 Å². The molecule has 0 N–H and O–H groups in total. The van der Waals surface area contributed by atoms with E-state index in [4.69, 9.17) is 4.74 Å². The molecule has 1 atom stereocenters. The van der Waals surface area contributed by atoms with E-state index >= 15 is 0 Å². The molecule has 2 aromatic carbocycles. The van der Waals surface area contributed by atoms with Gasteiger partial charge in [0.05, 0.1) is 7.11 Å². The van der Waals surface area contributed by atoms with Crippen molar-refractivity contribution < 1.29 is 4.74 Å². The van der Waals surface area contributed by atoms with E-state index in [0.717, 1.165) is 12.2 Å². The van der Waals surface area contributed by atoms with Crippen LogP contribution in [0.3, 0.4) is 0 Å². The standard InChI is InChI=1S/C17H21BrO/c1-5-17(2,3)16(18)14-10-11-15(19-4)13-9-7-6-8-12(13)14/h6-11,16H,5H2,1-4H3. The highest BCUT2D eigenvalue weighted by Crippen LogP contribution is 2.46. The number of halogens is 1. The van der Waals surface area contributed by atoms with Gasteiger partial charge in [-0.05, 0) is 28.9 Å². The molecule has 2 aromatic rings. The van der Waals surface area contributed by atoms with E-state index in [1.54, 1.807) is 7.11 Å². The van der Waals surface area contributed by atoms with Gasteiger partial charge in [-0.2, -0.15) is 0 Å². The van der Waals surface area contributed by atoms with Gasteiger partial charge in [0, 0.05) is 10.2 Å². The molecule has 0 radical (unpaired) electrons. The molecule has 0 saturated heterocycles. The van der Waals surface area contributed by atoms with Crippen LogP contribution in [-0.4, -0.2) is 7.11 Å². The molecular formula is C17H21BrO. The number of hydrogen-bond donors (Lipinski definition) is 0. The smallest absolute Gasteiger partial charge is 0.126 e. The summed E-state index contributed by atoms with van der Waals surface area (Å²) in [4.78, 5) is 0.334. The van der Waals surface area contributed by atoms with Crippen molar-refractivity contribution in [3.63, 3.8) is 0 Å². The van der Waals surface area contributed by atoms with Gasteiger partial charge < -0.3 is 4.74 Å². The second-order valence-electron chi connectivity index (χ2n) is 5.61. The highest BCUT2D eigenvalue weighted by molar-refractivity contribution is 9.09. The van der Waals surface area contributed by atoms with Crippen molar-refractivity contribution in [3.05, 3.63) is 42.0 Å². The largest absolute Gasteiger partial charge is 0.496 e. The lowest BCUT2D eigenvalue weighted by molar-refractivity contribution is 0.347. The Morgan fingerprint density at radius 3 is 2.32 bits per heavy atom. The molecule has 0 aliphatic carbocycles. The van der Waals surface area contributed by atoms with Gasteiger partial charge in [0.2, 0.25) is 0 Å². The van der Waals surface area contributed by atoms with Crippen molar-refractivity contribution in [1.29, 1.82) is 0 Å². The topological polar surface area (TPSA) is 9.23 Å². The molecule has 0 saturated carbocycles. The molecule has 1 nitrogen and oxygen atoms in total. The molecule has 2 heteroatoms. The first-order valence-corrected chi connectivity index (χ1v) is 7.62. The van der Waals surface area contributed by atoms with Crippen LogP contribution in [0.2, 0.25) is 0 Å². The van der Waals surface area contributed by atoms with Crippen LogP contribution >= 0.6 is 15.9 Å². The SMILES string of the molecule is CCC(C)(C)C(Br)c1ccc(OC)c2ccccc12. The van der Waals surface area contributed by atoms with E-state index < -0.39 is 0 Å². The Kier molecular flexibility index (Phi) is 4.19. The zero-order chi connectivity index (χ0) is 14.0. The Balaban J connectivity index is 2.63. The predicted molar refractivity (Wildman–Crippen MR) is 86.2 cm³/mol. The summed E-state index contributed by atoms with van der Waals surface area (Å²) in [6.45, 7) is 6.83. The second-order valence-corrected chi connectivity index (χ2v) is 6.52. The highest BCUT2D eigenvalue weighted by Gasteiger charge is 2.28. The number of benzene rings is 2. The molecular weight excluding hydrogens is 300 g/mol. The summed E-state index contributed by atoms with van der Waals surface area (Å²) in [6, 6.07) is 12.7. The molecule has 102 valence electrons. The highest BCUT2D eigenvalue weighted by atomic mass is 79.9. The third kappa shape index (κ3) is 2.64. The van der Waals surface area contributed by atoms with E-state index in [9.17, 15) is 0 Å². The summed E-state index contributed by atoms with van der Waals surface area (Å²) in [5.41, 5.74) is 1.56. The normalized spacial score (nSPS) is 13.5. The fraction of sp³-hybridized carbons (Fsp3) is 0.412. The molecule has 1 unspecified atom stereocenters. The van der Waals surface area contributed by atoms with E-state index in [1.807, 2.05) is 0 Å². The maximum atomic E-state index is 5.46. The van der Waals surface area contributed by atoms with E-state index in [1.165, 1.54) is 16.3 Å². The predicted octanol–water partition coefficient (Wildman–Crippen LogP) is 5.72. The van der Waals surface area contributed by atoms with Crippen molar-refractivity contribution in [3.8, 4) is 5.75 Å². The van der Waals surface area contributed by atoms with Crippen molar-refractivity contribution in [2.75, 3.05) is 7.11 Å². The van der Waals surface area contributed by atoms with Crippen molar-refractivity contribution in [2.45, 2.75) is 32.0 Å². The summed E-state index contributed by atoms with van der Waals surface area (Å²) in [6.07, 6.45) is 1.13. The lowest BCUT2D eigenvalue weighted by Crippen LogP contribution is -2.16. The van der Waals surface area contributed by atoms with Crippen LogP contribution in [-0.2, 0) is 0 Å². The van der Waals surface area contributed by atoms with Gasteiger partial charge in [-0.1, -0.05) is 67.0 Å². The van der Waals surface area contributed by atoms with Crippen LogP contribution in [0.15, 0.2) is 36.4 Å². The van der Waals surface area contributed by atoms with Crippen LogP contribution < -0.4 is 4.74 Å². The van der Waals surface area contributed by atoms with Crippen molar-refractivity contribution in [2.24, 2.45) is 5.41 Å². The first kappa shape index (κ1) is 14.4. The zero-order valence-electron chi connectivity index (χ0n) is 12.0. The van der Waals surface area contributed by atoms with Crippen LogP contribution in [0.25, 0.3) is 10.8 Å². The Bertz CT molecular complexity index is 574. The van der Waals surface area contributed by atoms with E-state index in [2.05, 4.69) is 73.1 Å². The lowest BCUT2D eigenvalue weighted by atomic mass is 9.82. The minimum absolute atomic E-state index is 0.220. The molecule has 2 rings (SSSR count). The number of methoxy groups -OCH3 is 1. The first-order chi connectivity index (χ1) is 9.01. The maximum absolute atomic E-state index is 5.46. The number of rotatable bonds is 4. The number of fused-ring (bicyclic) bond motifs is 1. The van der Waals surface area contributed by atoms with Gasteiger partial charge in [0.25, 0.3) is 0 Å². The van der Waals surface area contributed by atoms with Gasteiger partial charge >= 0.3 is 0 Å². The minimum atomic E-state index is 0.220. The average Bonchev–Trinajstić information content (AvgIpc) is 2.45. The summed E-state index contributed by atoms with van der Waals surface area (Å²) < 4.78 is 5.46. The summed E-state index contributed by atoms with van der Waals surface area (Å²) in [5.74, 6) is 0.938. The number of hydrogen-bond acceptors (Lipinski definition) is 1. The maximum Gasteiger partial charge on any atom is 0.126 e.